The normalized spacial score (nSPS) is 36.8. The third-order valence-corrected chi connectivity index (χ3v) is 2.18. The summed E-state index contributed by atoms with van der Waals surface area (Å²) in [5.41, 5.74) is 0. The Morgan fingerprint density at radius 3 is 2.38 bits per heavy atom. The smallest absolute Gasteiger partial charge is 0.0493 e. The Labute approximate surface area is 51.0 Å². The van der Waals surface area contributed by atoms with Crippen LogP contribution in [0.4, 0.5) is 0 Å². The van der Waals surface area contributed by atoms with E-state index in [-0.39, 0.29) is 0 Å². The SMILES string of the molecule is COCC1CCC1C. The summed E-state index contributed by atoms with van der Waals surface area (Å²) in [6.45, 7) is 3.27. The number of rotatable bonds is 2. The third kappa shape index (κ3) is 1.03. The molecule has 1 aliphatic rings. The van der Waals surface area contributed by atoms with Gasteiger partial charge in [0.15, 0.2) is 0 Å². The Morgan fingerprint density at radius 2 is 2.25 bits per heavy atom. The van der Waals surface area contributed by atoms with Crippen LogP contribution in [0.25, 0.3) is 0 Å². The minimum atomic E-state index is 0.875. The molecule has 0 saturated heterocycles. The predicted octanol–water partition coefficient (Wildman–Crippen LogP) is 1.68. The van der Waals surface area contributed by atoms with Gasteiger partial charge in [0.1, 0.15) is 0 Å². The van der Waals surface area contributed by atoms with E-state index < -0.39 is 0 Å². The van der Waals surface area contributed by atoms with Crippen LogP contribution < -0.4 is 0 Å². The highest BCUT2D eigenvalue weighted by Crippen LogP contribution is 2.33. The third-order valence-electron chi connectivity index (χ3n) is 2.18. The van der Waals surface area contributed by atoms with Crippen LogP contribution in [-0.4, -0.2) is 13.7 Å². The molecule has 48 valence electrons. The molecule has 1 saturated carbocycles. The van der Waals surface area contributed by atoms with Gasteiger partial charge in [-0.2, -0.15) is 0 Å². The first-order chi connectivity index (χ1) is 3.84. The van der Waals surface area contributed by atoms with E-state index in [1.165, 1.54) is 12.8 Å². The summed E-state index contributed by atoms with van der Waals surface area (Å²) in [6, 6.07) is 0. The second-order valence-electron chi connectivity index (χ2n) is 2.77. The van der Waals surface area contributed by atoms with Crippen LogP contribution in [-0.2, 0) is 4.74 Å². The van der Waals surface area contributed by atoms with Gasteiger partial charge in [-0.1, -0.05) is 13.3 Å². The van der Waals surface area contributed by atoms with E-state index in [0.29, 0.717) is 0 Å². The zero-order valence-electron chi connectivity index (χ0n) is 5.68. The monoisotopic (exact) mass is 114 g/mol. The van der Waals surface area contributed by atoms with Crippen molar-refractivity contribution < 1.29 is 4.74 Å². The Hall–Kier alpha value is -0.0400. The fourth-order valence-corrected chi connectivity index (χ4v) is 1.20. The largest absolute Gasteiger partial charge is 0.384 e. The van der Waals surface area contributed by atoms with Crippen molar-refractivity contribution in [3.63, 3.8) is 0 Å². The molecule has 8 heavy (non-hydrogen) atoms. The van der Waals surface area contributed by atoms with Crippen molar-refractivity contribution in [3.05, 3.63) is 0 Å². The summed E-state index contributed by atoms with van der Waals surface area (Å²) in [7, 11) is 1.78. The molecule has 0 amide bonds. The van der Waals surface area contributed by atoms with Gasteiger partial charge in [-0.05, 0) is 18.3 Å². The van der Waals surface area contributed by atoms with Crippen molar-refractivity contribution >= 4 is 0 Å². The Kier molecular flexibility index (Phi) is 1.90. The van der Waals surface area contributed by atoms with Gasteiger partial charge in [0.2, 0.25) is 0 Å². The summed E-state index contributed by atoms with van der Waals surface area (Å²) in [6.07, 6.45) is 2.79. The summed E-state index contributed by atoms with van der Waals surface area (Å²) < 4.78 is 5.02. The summed E-state index contributed by atoms with van der Waals surface area (Å²) in [5, 5.41) is 0. The standard InChI is InChI=1S/C7H14O/c1-6-3-4-7(6)5-8-2/h6-7H,3-5H2,1-2H3. The van der Waals surface area contributed by atoms with Gasteiger partial charge in [-0.3, -0.25) is 0 Å². The quantitative estimate of drug-likeness (QED) is 0.530. The van der Waals surface area contributed by atoms with E-state index in [2.05, 4.69) is 6.92 Å². The van der Waals surface area contributed by atoms with E-state index in [4.69, 9.17) is 4.74 Å². The minimum absolute atomic E-state index is 0.875. The number of hydrogen-bond donors (Lipinski definition) is 0. The maximum absolute atomic E-state index is 5.02. The maximum atomic E-state index is 5.02. The van der Waals surface area contributed by atoms with Crippen molar-refractivity contribution in [2.24, 2.45) is 11.8 Å². The van der Waals surface area contributed by atoms with Crippen LogP contribution in [0, 0.1) is 11.8 Å². The number of methoxy groups -OCH3 is 1. The van der Waals surface area contributed by atoms with Gasteiger partial charge in [0.05, 0.1) is 0 Å². The molecule has 1 aliphatic carbocycles. The Morgan fingerprint density at radius 1 is 1.50 bits per heavy atom. The molecular weight excluding hydrogens is 100 g/mol. The maximum Gasteiger partial charge on any atom is 0.0493 e. The molecule has 0 spiro atoms. The van der Waals surface area contributed by atoms with Crippen molar-refractivity contribution in [2.75, 3.05) is 13.7 Å². The molecule has 0 aromatic rings. The van der Waals surface area contributed by atoms with Gasteiger partial charge in [0.25, 0.3) is 0 Å². The summed E-state index contributed by atoms with van der Waals surface area (Å²) in [5.74, 6) is 1.80. The van der Waals surface area contributed by atoms with Gasteiger partial charge in [-0.15, -0.1) is 0 Å². The van der Waals surface area contributed by atoms with E-state index in [1.54, 1.807) is 7.11 Å². The van der Waals surface area contributed by atoms with Crippen LogP contribution in [0.2, 0.25) is 0 Å². The van der Waals surface area contributed by atoms with Gasteiger partial charge in [-0.25, -0.2) is 0 Å². The van der Waals surface area contributed by atoms with Crippen molar-refractivity contribution in [1.29, 1.82) is 0 Å². The molecule has 1 heteroatoms. The zero-order valence-corrected chi connectivity index (χ0v) is 5.68. The molecule has 2 unspecified atom stereocenters. The molecule has 0 bridgehead atoms. The summed E-state index contributed by atoms with van der Waals surface area (Å²) >= 11 is 0. The van der Waals surface area contributed by atoms with Crippen molar-refractivity contribution in [1.82, 2.24) is 0 Å². The molecule has 2 atom stereocenters. The lowest BCUT2D eigenvalue weighted by Gasteiger charge is -2.32. The zero-order chi connectivity index (χ0) is 5.98. The molecule has 0 aromatic carbocycles. The molecular formula is C7H14O. The Balaban J connectivity index is 2.08. The fraction of sp³-hybridized carbons (Fsp3) is 1.00. The highest BCUT2D eigenvalue weighted by molar-refractivity contribution is 4.76. The molecule has 0 N–H and O–H groups in total. The lowest BCUT2D eigenvalue weighted by atomic mass is 9.76. The van der Waals surface area contributed by atoms with E-state index in [0.717, 1.165) is 18.4 Å². The van der Waals surface area contributed by atoms with E-state index in [1.807, 2.05) is 0 Å². The van der Waals surface area contributed by atoms with Crippen molar-refractivity contribution in [3.8, 4) is 0 Å². The second-order valence-corrected chi connectivity index (χ2v) is 2.77. The highest BCUT2D eigenvalue weighted by atomic mass is 16.5. The Bertz CT molecular complexity index is 70.8. The first-order valence-electron chi connectivity index (χ1n) is 3.33. The number of ether oxygens (including phenoxy) is 1. The summed E-state index contributed by atoms with van der Waals surface area (Å²) in [4.78, 5) is 0. The van der Waals surface area contributed by atoms with Crippen LogP contribution in [0.5, 0.6) is 0 Å². The van der Waals surface area contributed by atoms with Gasteiger partial charge in [0, 0.05) is 13.7 Å². The topological polar surface area (TPSA) is 9.23 Å². The van der Waals surface area contributed by atoms with Crippen LogP contribution in [0.1, 0.15) is 19.8 Å². The molecule has 0 aliphatic heterocycles. The lowest BCUT2D eigenvalue weighted by Crippen LogP contribution is -2.26. The molecule has 0 radical (unpaired) electrons. The first-order valence-corrected chi connectivity index (χ1v) is 3.33. The van der Waals surface area contributed by atoms with Crippen LogP contribution >= 0.6 is 0 Å². The molecule has 1 rings (SSSR count). The molecule has 0 aromatic heterocycles. The lowest BCUT2D eigenvalue weighted by molar-refractivity contribution is 0.0687. The average Bonchev–Trinajstić information content (AvgIpc) is 1.79. The average molecular weight is 114 g/mol. The molecule has 1 fully saturated rings. The second kappa shape index (κ2) is 2.49. The van der Waals surface area contributed by atoms with Gasteiger partial charge >= 0.3 is 0 Å². The molecule has 1 nitrogen and oxygen atoms in total. The minimum Gasteiger partial charge on any atom is -0.384 e. The fourth-order valence-electron chi connectivity index (χ4n) is 1.20. The van der Waals surface area contributed by atoms with Crippen LogP contribution in [0.15, 0.2) is 0 Å². The number of hydrogen-bond acceptors (Lipinski definition) is 1. The van der Waals surface area contributed by atoms with Gasteiger partial charge < -0.3 is 4.74 Å². The van der Waals surface area contributed by atoms with Crippen LogP contribution in [0.3, 0.4) is 0 Å². The molecule has 0 heterocycles. The highest BCUT2D eigenvalue weighted by Gasteiger charge is 2.25. The predicted molar refractivity (Wildman–Crippen MR) is 33.8 cm³/mol. The van der Waals surface area contributed by atoms with E-state index >= 15 is 0 Å². The first kappa shape index (κ1) is 6.09. The van der Waals surface area contributed by atoms with E-state index in [9.17, 15) is 0 Å². The van der Waals surface area contributed by atoms with Crippen molar-refractivity contribution in [2.45, 2.75) is 19.8 Å².